The third-order valence-electron chi connectivity index (χ3n) is 3.85. The van der Waals surface area contributed by atoms with Crippen molar-refractivity contribution in [2.24, 2.45) is 5.41 Å². The van der Waals surface area contributed by atoms with Crippen molar-refractivity contribution >= 4 is 5.71 Å². The SMILES string of the molecule is CC(C)(C)C(=[N-])C1[CH-]c2ccccc21.[Zr+4].c1cc[cH-]c1.c1cc[cH-]c1. The first-order chi connectivity index (χ1) is 11.5. The second-order valence-electron chi connectivity index (χ2n) is 6.83. The van der Waals surface area contributed by atoms with Gasteiger partial charge in [0, 0.05) is 0 Å². The first-order valence-corrected chi connectivity index (χ1v) is 8.33. The molecule has 1 aliphatic carbocycles. The van der Waals surface area contributed by atoms with Crippen LogP contribution in [0.15, 0.2) is 84.9 Å². The van der Waals surface area contributed by atoms with E-state index in [1.807, 2.05) is 93.6 Å². The summed E-state index contributed by atoms with van der Waals surface area (Å²) in [4.78, 5) is 0. The van der Waals surface area contributed by atoms with Gasteiger partial charge < -0.3 is 5.41 Å². The van der Waals surface area contributed by atoms with Gasteiger partial charge in [-0.1, -0.05) is 32.8 Å². The van der Waals surface area contributed by atoms with E-state index in [9.17, 15) is 5.41 Å². The number of fused-ring (bicyclic) bond motifs is 1. The summed E-state index contributed by atoms with van der Waals surface area (Å²) in [6.45, 7) is 6.12. The molecule has 1 atom stereocenters. The van der Waals surface area contributed by atoms with E-state index in [1.54, 1.807) is 0 Å². The predicted molar refractivity (Wildman–Crippen MR) is 104 cm³/mol. The van der Waals surface area contributed by atoms with Crippen molar-refractivity contribution in [3.8, 4) is 0 Å². The van der Waals surface area contributed by atoms with Crippen molar-refractivity contribution in [1.82, 2.24) is 0 Å². The summed E-state index contributed by atoms with van der Waals surface area (Å²) in [5.74, 6) is 0.145. The molecule has 4 rings (SSSR count). The molecule has 0 bridgehead atoms. The van der Waals surface area contributed by atoms with Gasteiger partial charge in [-0.25, -0.2) is 30.0 Å². The van der Waals surface area contributed by atoms with Gasteiger partial charge in [0.25, 0.3) is 0 Å². The van der Waals surface area contributed by atoms with Crippen molar-refractivity contribution in [1.29, 1.82) is 0 Å². The molecule has 25 heavy (non-hydrogen) atoms. The molecule has 0 amide bonds. The van der Waals surface area contributed by atoms with Gasteiger partial charge in [-0.2, -0.15) is 60.0 Å². The molecule has 0 spiro atoms. The molecular formula is C23H25NZr. The largest absolute Gasteiger partial charge is 4.00 e. The Bertz CT molecular complexity index is 642. The zero-order valence-electron chi connectivity index (χ0n) is 15.2. The van der Waals surface area contributed by atoms with Crippen LogP contribution < -0.4 is 0 Å². The Morgan fingerprint density at radius 2 is 1.32 bits per heavy atom. The zero-order chi connectivity index (χ0) is 17.4. The summed E-state index contributed by atoms with van der Waals surface area (Å²) in [6, 6.07) is 28.2. The molecule has 1 nitrogen and oxygen atoms in total. The Hall–Kier alpha value is -1.66. The van der Waals surface area contributed by atoms with Crippen LogP contribution in [0.1, 0.15) is 37.8 Å². The second kappa shape index (κ2) is 10.4. The van der Waals surface area contributed by atoms with Gasteiger partial charge in [-0.15, -0.1) is 12.1 Å². The first kappa shape index (κ1) is 21.4. The van der Waals surface area contributed by atoms with Gasteiger partial charge in [-0.3, -0.25) is 0 Å². The minimum Gasteiger partial charge on any atom is -0.812 e. The molecule has 0 fully saturated rings. The summed E-state index contributed by atoms with van der Waals surface area (Å²) in [7, 11) is 0. The van der Waals surface area contributed by atoms with E-state index < -0.39 is 0 Å². The van der Waals surface area contributed by atoms with Gasteiger partial charge >= 0.3 is 26.2 Å². The Morgan fingerprint density at radius 3 is 1.68 bits per heavy atom. The third-order valence-corrected chi connectivity index (χ3v) is 3.85. The van der Waals surface area contributed by atoms with E-state index in [0.717, 1.165) is 0 Å². The van der Waals surface area contributed by atoms with Crippen LogP contribution in [0, 0.1) is 11.8 Å². The minimum absolute atomic E-state index is 0. The van der Waals surface area contributed by atoms with Crippen LogP contribution in [-0.2, 0) is 26.2 Å². The molecule has 1 unspecified atom stereocenters. The number of hydrogen-bond acceptors (Lipinski definition) is 0. The molecule has 0 radical (unpaired) electrons. The van der Waals surface area contributed by atoms with Crippen LogP contribution in [-0.4, -0.2) is 5.71 Å². The van der Waals surface area contributed by atoms with Crippen LogP contribution >= 0.6 is 0 Å². The summed E-state index contributed by atoms with van der Waals surface area (Å²) >= 11 is 0. The molecule has 126 valence electrons. The zero-order valence-corrected chi connectivity index (χ0v) is 17.6. The van der Waals surface area contributed by atoms with Crippen LogP contribution in [0.2, 0.25) is 0 Å². The van der Waals surface area contributed by atoms with E-state index in [-0.39, 0.29) is 37.5 Å². The number of hydrogen-bond donors (Lipinski definition) is 0. The molecule has 0 saturated heterocycles. The molecular weight excluding hydrogens is 381 g/mol. The van der Waals surface area contributed by atoms with Gasteiger partial charge in [0.1, 0.15) is 0 Å². The molecule has 0 aromatic heterocycles. The maximum Gasteiger partial charge on any atom is 4.00 e. The average Bonchev–Trinajstić information content (AvgIpc) is 3.26. The topological polar surface area (TPSA) is 22.3 Å². The molecule has 2 heteroatoms. The minimum atomic E-state index is -0.130. The van der Waals surface area contributed by atoms with Crippen molar-refractivity contribution in [3.63, 3.8) is 0 Å². The quantitative estimate of drug-likeness (QED) is 0.339. The Labute approximate surface area is 171 Å². The summed E-state index contributed by atoms with van der Waals surface area (Å²) in [6.07, 6.45) is 2.12. The van der Waals surface area contributed by atoms with E-state index >= 15 is 0 Å². The molecule has 0 saturated carbocycles. The van der Waals surface area contributed by atoms with Crippen LogP contribution in [0.5, 0.6) is 0 Å². The monoisotopic (exact) mass is 405 g/mol. The number of rotatable bonds is 1. The summed E-state index contributed by atoms with van der Waals surface area (Å²) in [5, 5.41) is 10.0. The van der Waals surface area contributed by atoms with E-state index in [2.05, 4.69) is 18.6 Å². The van der Waals surface area contributed by atoms with Crippen LogP contribution in [0.4, 0.5) is 0 Å². The van der Waals surface area contributed by atoms with Crippen molar-refractivity contribution < 1.29 is 26.2 Å². The molecule has 0 heterocycles. The second-order valence-corrected chi connectivity index (χ2v) is 6.83. The van der Waals surface area contributed by atoms with Crippen molar-refractivity contribution in [2.45, 2.75) is 26.7 Å². The number of benzene rings is 1. The Kier molecular flexibility index (Phi) is 8.86. The van der Waals surface area contributed by atoms with E-state index in [0.29, 0.717) is 5.71 Å². The molecule has 3 aromatic carbocycles. The smallest absolute Gasteiger partial charge is 0.812 e. The van der Waals surface area contributed by atoms with Crippen molar-refractivity contribution in [3.05, 3.63) is 108 Å². The maximum atomic E-state index is 10.0. The summed E-state index contributed by atoms with van der Waals surface area (Å²) in [5.41, 5.74) is 2.94. The van der Waals surface area contributed by atoms with Crippen LogP contribution in [0.25, 0.3) is 5.41 Å². The molecule has 1 aliphatic rings. The van der Waals surface area contributed by atoms with E-state index in [4.69, 9.17) is 0 Å². The van der Waals surface area contributed by atoms with Crippen molar-refractivity contribution in [2.75, 3.05) is 0 Å². The van der Waals surface area contributed by atoms with Gasteiger partial charge in [0.15, 0.2) is 0 Å². The fourth-order valence-electron chi connectivity index (χ4n) is 2.45. The summed E-state index contributed by atoms with van der Waals surface area (Å²) < 4.78 is 0. The van der Waals surface area contributed by atoms with Gasteiger partial charge in [-0.05, 0) is 5.41 Å². The predicted octanol–water partition coefficient (Wildman–Crippen LogP) is 6.20. The Balaban J connectivity index is 0.000000233. The standard InChI is InChI=1S/C13H15N.2C5H5.Zr/c1-13(2,3)12(14)11-8-9-6-4-5-7-10(9)11;2*1-2-4-5-3-1;/h4-8,11H,1-3H3;2*1-5H;/q-2;2*-1;+4. The third kappa shape index (κ3) is 6.63. The fourth-order valence-corrected chi connectivity index (χ4v) is 2.45. The maximum absolute atomic E-state index is 10.0. The van der Waals surface area contributed by atoms with Gasteiger partial charge in [0.2, 0.25) is 0 Å². The molecule has 0 N–H and O–H groups in total. The first-order valence-electron chi connectivity index (χ1n) is 8.33. The molecule has 3 aromatic rings. The average molecular weight is 407 g/mol. The Morgan fingerprint density at radius 1 is 0.840 bits per heavy atom. The van der Waals surface area contributed by atoms with E-state index in [1.165, 1.54) is 11.1 Å². The van der Waals surface area contributed by atoms with Crippen LogP contribution in [0.3, 0.4) is 0 Å². The molecule has 0 aliphatic heterocycles. The number of nitrogens with zero attached hydrogens (tertiary/aromatic N) is 1. The van der Waals surface area contributed by atoms with Gasteiger partial charge in [0.05, 0.1) is 0 Å². The normalized spacial score (nSPS) is 14.0. The fraction of sp³-hybridized carbons (Fsp3) is 0.217.